The summed E-state index contributed by atoms with van der Waals surface area (Å²) in [6, 6.07) is 18.9. The van der Waals surface area contributed by atoms with Crippen molar-refractivity contribution in [1.82, 2.24) is 14.6 Å². The predicted octanol–water partition coefficient (Wildman–Crippen LogP) is 3.26. The lowest BCUT2D eigenvalue weighted by atomic mass is 10.1. The normalized spacial score (nSPS) is 10.8. The van der Waals surface area contributed by atoms with Crippen LogP contribution in [-0.2, 0) is 6.61 Å². The fourth-order valence-electron chi connectivity index (χ4n) is 2.80. The number of rotatable bonds is 5. The van der Waals surface area contributed by atoms with Crippen molar-refractivity contribution in [3.8, 4) is 16.9 Å². The number of anilines is 1. The maximum absolute atomic E-state index is 11.5. The van der Waals surface area contributed by atoms with Crippen molar-refractivity contribution in [3.05, 3.63) is 78.0 Å². The van der Waals surface area contributed by atoms with Crippen LogP contribution in [0.4, 0.5) is 5.95 Å². The highest BCUT2D eigenvalue weighted by atomic mass is 16.5. The zero-order chi connectivity index (χ0) is 18.8. The number of pyridine rings is 1. The van der Waals surface area contributed by atoms with Crippen LogP contribution in [0.3, 0.4) is 0 Å². The van der Waals surface area contributed by atoms with E-state index in [1.807, 2.05) is 54.6 Å². The summed E-state index contributed by atoms with van der Waals surface area (Å²) < 4.78 is 7.16. The maximum Gasteiger partial charge on any atom is 0.339 e. The van der Waals surface area contributed by atoms with Crippen molar-refractivity contribution in [3.63, 3.8) is 0 Å². The topological polar surface area (TPSA) is 103 Å². The molecule has 7 nitrogen and oxygen atoms in total. The fraction of sp³-hybridized carbons (Fsp3) is 0.0500. The molecule has 4 aromatic rings. The van der Waals surface area contributed by atoms with Crippen molar-refractivity contribution < 1.29 is 14.6 Å². The minimum atomic E-state index is -1.09. The number of aromatic carboxylic acids is 1. The smallest absolute Gasteiger partial charge is 0.339 e. The van der Waals surface area contributed by atoms with Gasteiger partial charge in [-0.15, -0.1) is 5.10 Å². The minimum absolute atomic E-state index is 0.0271. The summed E-state index contributed by atoms with van der Waals surface area (Å²) >= 11 is 0. The molecular weight excluding hydrogens is 344 g/mol. The number of aromatic nitrogens is 3. The molecule has 0 saturated heterocycles. The Kier molecular flexibility index (Phi) is 4.18. The van der Waals surface area contributed by atoms with E-state index in [4.69, 9.17) is 10.5 Å². The Morgan fingerprint density at radius 3 is 2.52 bits per heavy atom. The Labute approximate surface area is 154 Å². The third kappa shape index (κ3) is 3.43. The molecule has 0 spiro atoms. The van der Waals surface area contributed by atoms with E-state index in [1.54, 1.807) is 12.3 Å². The molecule has 0 aliphatic rings. The van der Waals surface area contributed by atoms with Crippen LogP contribution in [0, 0.1) is 0 Å². The highest BCUT2D eigenvalue weighted by Crippen LogP contribution is 2.25. The van der Waals surface area contributed by atoms with E-state index < -0.39 is 5.97 Å². The molecule has 2 aromatic heterocycles. The van der Waals surface area contributed by atoms with Gasteiger partial charge in [0.25, 0.3) is 0 Å². The number of nitrogens with two attached hydrogens (primary N) is 1. The van der Waals surface area contributed by atoms with Crippen molar-refractivity contribution in [2.45, 2.75) is 6.61 Å². The van der Waals surface area contributed by atoms with Crippen molar-refractivity contribution in [2.75, 3.05) is 5.73 Å². The van der Waals surface area contributed by atoms with Crippen molar-refractivity contribution in [2.24, 2.45) is 0 Å². The SMILES string of the molecule is Nc1nc2c(C(=O)O)cc(-c3ccc(OCc4ccccc4)cc3)cn2n1. The number of ether oxygens (including phenoxy) is 1. The molecule has 134 valence electrons. The Bertz CT molecular complexity index is 1110. The highest BCUT2D eigenvalue weighted by molar-refractivity contribution is 5.96. The van der Waals surface area contributed by atoms with E-state index in [1.165, 1.54) is 4.52 Å². The summed E-state index contributed by atoms with van der Waals surface area (Å²) in [7, 11) is 0. The molecule has 7 heteroatoms. The van der Waals surface area contributed by atoms with E-state index >= 15 is 0 Å². The van der Waals surface area contributed by atoms with Crippen LogP contribution in [-0.4, -0.2) is 25.7 Å². The molecule has 0 aliphatic carbocycles. The predicted molar refractivity (Wildman–Crippen MR) is 101 cm³/mol. The summed E-state index contributed by atoms with van der Waals surface area (Å²) in [6.45, 7) is 0.480. The first-order chi connectivity index (χ1) is 13.1. The first kappa shape index (κ1) is 16.6. The van der Waals surface area contributed by atoms with Crippen LogP contribution in [0.1, 0.15) is 15.9 Å². The van der Waals surface area contributed by atoms with E-state index in [-0.39, 0.29) is 17.2 Å². The number of carbonyl (C=O) groups is 1. The van der Waals surface area contributed by atoms with Gasteiger partial charge in [-0.25, -0.2) is 9.31 Å². The van der Waals surface area contributed by atoms with Gasteiger partial charge in [0, 0.05) is 11.8 Å². The third-order valence-electron chi connectivity index (χ3n) is 4.12. The number of carboxylic acids is 1. The van der Waals surface area contributed by atoms with E-state index in [0.717, 1.165) is 16.9 Å². The van der Waals surface area contributed by atoms with Gasteiger partial charge in [-0.1, -0.05) is 42.5 Å². The second-order valence-corrected chi connectivity index (χ2v) is 5.98. The molecule has 0 amide bonds. The number of nitrogens with zero attached hydrogens (tertiary/aromatic N) is 3. The van der Waals surface area contributed by atoms with Crippen LogP contribution >= 0.6 is 0 Å². The molecule has 0 atom stereocenters. The Morgan fingerprint density at radius 1 is 1.07 bits per heavy atom. The van der Waals surface area contributed by atoms with Crippen LogP contribution in [0.25, 0.3) is 16.8 Å². The molecule has 0 bridgehead atoms. The monoisotopic (exact) mass is 360 g/mol. The lowest BCUT2D eigenvalue weighted by Gasteiger charge is -2.08. The molecular formula is C20H16N4O3. The Balaban J connectivity index is 1.61. The highest BCUT2D eigenvalue weighted by Gasteiger charge is 2.15. The van der Waals surface area contributed by atoms with Crippen LogP contribution in [0.15, 0.2) is 66.9 Å². The minimum Gasteiger partial charge on any atom is -0.489 e. The summed E-state index contributed by atoms with van der Waals surface area (Å²) in [5.74, 6) is -0.330. The zero-order valence-electron chi connectivity index (χ0n) is 14.2. The van der Waals surface area contributed by atoms with Gasteiger partial charge in [0.15, 0.2) is 5.65 Å². The third-order valence-corrected chi connectivity index (χ3v) is 4.12. The second-order valence-electron chi connectivity index (χ2n) is 5.98. The number of fused-ring (bicyclic) bond motifs is 1. The molecule has 3 N–H and O–H groups in total. The van der Waals surface area contributed by atoms with Crippen LogP contribution in [0.2, 0.25) is 0 Å². The average Bonchev–Trinajstić information content (AvgIpc) is 3.06. The largest absolute Gasteiger partial charge is 0.489 e. The lowest BCUT2D eigenvalue weighted by Crippen LogP contribution is -2.02. The lowest BCUT2D eigenvalue weighted by molar-refractivity contribution is 0.0698. The second kappa shape index (κ2) is 6.80. The molecule has 0 saturated carbocycles. The number of hydrogen-bond donors (Lipinski definition) is 2. The molecule has 2 heterocycles. The maximum atomic E-state index is 11.5. The quantitative estimate of drug-likeness (QED) is 0.566. The fourth-order valence-corrected chi connectivity index (χ4v) is 2.80. The van der Waals surface area contributed by atoms with E-state index in [0.29, 0.717) is 12.2 Å². The standard InChI is InChI=1S/C20H16N4O3/c21-20-22-18-17(19(25)26)10-15(11-24(18)23-20)14-6-8-16(9-7-14)27-12-13-4-2-1-3-5-13/h1-11H,12H2,(H2,21,23)(H,25,26). The molecule has 0 aliphatic heterocycles. The molecule has 0 radical (unpaired) electrons. The average molecular weight is 360 g/mol. The summed E-state index contributed by atoms with van der Waals surface area (Å²) in [5, 5.41) is 13.5. The Hall–Kier alpha value is -3.87. The number of nitrogen functional groups attached to an aromatic ring is 1. The molecule has 0 unspecified atom stereocenters. The van der Waals surface area contributed by atoms with Crippen molar-refractivity contribution >= 4 is 17.6 Å². The van der Waals surface area contributed by atoms with Gasteiger partial charge >= 0.3 is 5.97 Å². The van der Waals surface area contributed by atoms with Gasteiger partial charge < -0.3 is 15.6 Å². The summed E-state index contributed by atoms with van der Waals surface area (Å²) in [5.41, 5.74) is 8.47. The van der Waals surface area contributed by atoms with Crippen LogP contribution < -0.4 is 10.5 Å². The van der Waals surface area contributed by atoms with Gasteiger partial charge in [0.05, 0.1) is 0 Å². The number of hydrogen-bond acceptors (Lipinski definition) is 5. The first-order valence-corrected chi connectivity index (χ1v) is 8.26. The summed E-state index contributed by atoms with van der Waals surface area (Å²) in [4.78, 5) is 15.5. The van der Waals surface area contributed by atoms with Gasteiger partial charge in [0.1, 0.15) is 17.9 Å². The molecule has 27 heavy (non-hydrogen) atoms. The molecule has 2 aromatic carbocycles. The summed E-state index contributed by atoms with van der Waals surface area (Å²) in [6.07, 6.45) is 1.70. The number of carboxylic acid groups (broad SMARTS) is 1. The van der Waals surface area contributed by atoms with Gasteiger partial charge in [-0.2, -0.15) is 4.98 Å². The van der Waals surface area contributed by atoms with Gasteiger partial charge in [-0.3, -0.25) is 0 Å². The van der Waals surface area contributed by atoms with Gasteiger partial charge in [-0.05, 0) is 29.3 Å². The van der Waals surface area contributed by atoms with Gasteiger partial charge in [0.2, 0.25) is 5.95 Å². The molecule has 0 fully saturated rings. The Morgan fingerprint density at radius 2 is 1.81 bits per heavy atom. The van der Waals surface area contributed by atoms with E-state index in [2.05, 4.69) is 10.1 Å². The molecule has 4 rings (SSSR count). The van der Waals surface area contributed by atoms with Crippen molar-refractivity contribution in [1.29, 1.82) is 0 Å². The first-order valence-electron chi connectivity index (χ1n) is 8.26. The number of benzene rings is 2. The zero-order valence-corrected chi connectivity index (χ0v) is 14.2. The van der Waals surface area contributed by atoms with E-state index in [9.17, 15) is 9.90 Å². The van der Waals surface area contributed by atoms with Crippen LogP contribution in [0.5, 0.6) is 5.75 Å².